The molecular formula is C8H13N3S. The van der Waals surface area contributed by atoms with Gasteiger partial charge in [-0.25, -0.2) is 4.98 Å². The highest BCUT2D eigenvalue weighted by molar-refractivity contribution is 8.00. The number of hydrogen-bond acceptors (Lipinski definition) is 3. The molecule has 0 radical (unpaired) electrons. The minimum absolute atomic E-state index is 0.727. The Morgan fingerprint density at radius 1 is 1.75 bits per heavy atom. The Morgan fingerprint density at radius 3 is 3.08 bits per heavy atom. The molecule has 12 heavy (non-hydrogen) atoms. The maximum absolute atomic E-state index is 4.06. The summed E-state index contributed by atoms with van der Waals surface area (Å²) in [5, 5.41) is 3.48. The van der Waals surface area contributed by atoms with Crippen molar-refractivity contribution >= 4 is 11.8 Å². The number of thioether (sulfide) groups is 1. The van der Waals surface area contributed by atoms with Gasteiger partial charge in [-0.15, -0.1) is 0 Å². The van der Waals surface area contributed by atoms with Crippen LogP contribution in [0.25, 0.3) is 0 Å². The molecule has 1 fully saturated rings. The van der Waals surface area contributed by atoms with Crippen LogP contribution in [0.15, 0.2) is 12.5 Å². The van der Waals surface area contributed by atoms with E-state index in [0.29, 0.717) is 0 Å². The van der Waals surface area contributed by atoms with Crippen molar-refractivity contribution in [3.05, 3.63) is 18.2 Å². The Labute approximate surface area is 76.6 Å². The lowest BCUT2D eigenvalue weighted by atomic mass is 10.3. The summed E-state index contributed by atoms with van der Waals surface area (Å²) >= 11 is 2.00. The standard InChI is InChI=1S/C8H13N3S/c1-11-6-9-2-8(11)3-10-7-4-12-5-7/h2,6-7,10H,3-5H2,1H3. The lowest BCUT2D eigenvalue weighted by Gasteiger charge is -2.25. The van der Waals surface area contributed by atoms with Crippen LogP contribution < -0.4 is 5.32 Å². The SMILES string of the molecule is Cn1cncc1CNC1CSC1. The predicted molar refractivity (Wildman–Crippen MR) is 51.2 cm³/mol. The molecule has 3 nitrogen and oxygen atoms in total. The first-order valence-electron chi connectivity index (χ1n) is 4.12. The van der Waals surface area contributed by atoms with Crippen LogP contribution in [0.1, 0.15) is 5.69 Å². The van der Waals surface area contributed by atoms with Crippen LogP contribution in [0.2, 0.25) is 0 Å². The van der Waals surface area contributed by atoms with E-state index in [1.54, 1.807) is 0 Å². The van der Waals surface area contributed by atoms with Crippen LogP contribution in [0, 0.1) is 0 Å². The number of aryl methyl sites for hydroxylation is 1. The second kappa shape index (κ2) is 3.49. The van der Waals surface area contributed by atoms with Gasteiger partial charge in [0.15, 0.2) is 0 Å². The van der Waals surface area contributed by atoms with Crippen LogP contribution in [-0.4, -0.2) is 27.1 Å². The monoisotopic (exact) mass is 183 g/mol. The van der Waals surface area contributed by atoms with Crippen molar-refractivity contribution in [3.63, 3.8) is 0 Å². The maximum atomic E-state index is 4.06. The Bertz CT molecular complexity index is 255. The van der Waals surface area contributed by atoms with Crippen LogP contribution in [0.4, 0.5) is 0 Å². The molecule has 1 aliphatic rings. The second-order valence-electron chi connectivity index (χ2n) is 3.11. The molecule has 0 spiro atoms. The first-order chi connectivity index (χ1) is 5.86. The molecule has 1 saturated heterocycles. The van der Waals surface area contributed by atoms with E-state index in [1.807, 2.05) is 31.3 Å². The molecule has 0 aliphatic carbocycles. The minimum Gasteiger partial charge on any atom is -0.337 e. The summed E-state index contributed by atoms with van der Waals surface area (Å²) in [7, 11) is 2.03. The molecule has 0 unspecified atom stereocenters. The smallest absolute Gasteiger partial charge is 0.0945 e. The minimum atomic E-state index is 0.727. The lowest BCUT2D eigenvalue weighted by molar-refractivity contribution is 0.566. The van der Waals surface area contributed by atoms with Crippen molar-refractivity contribution in [2.24, 2.45) is 7.05 Å². The van der Waals surface area contributed by atoms with Gasteiger partial charge in [0.1, 0.15) is 0 Å². The lowest BCUT2D eigenvalue weighted by Crippen LogP contribution is -2.39. The van der Waals surface area contributed by atoms with E-state index >= 15 is 0 Å². The molecule has 1 aromatic heterocycles. The average molecular weight is 183 g/mol. The third-order valence-electron chi connectivity index (χ3n) is 2.13. The first kappa shape index (κ1) is 8.13. The molecular weight excluding hydrogens is 170 g/mol. The Kier molecular flexibility index (Phi) is 2.37. The molecule has 2 heterocycles. The third kappa shape index (κ3) is 1.64. The van der Waals surface area contributed by atoms with Crippen LogP contribution in [0.5, 0.6) is 0 Å². The van der Waals surface area contributed by atoms with Gasteiger partial charge in [-0.1, -0.05) is 0 Å². The van der Waals surface area contributed by atoms with Crippen molar-refractivity contribution in [3.8, 4) is 0 Å². The second-order valence-corrected chi connectivity index (χ2v) is 4.19. The van der Waals surface area contributed by atoms with E-state index < -0.39 is 0 Å². The van der Waals surface area contributed by atoms with Gasteiger partial charge in [-0.05, 0) is 0 Å². The van der Waals surface area contributed by atoms with Gasteiger partial charge in [0.05, 0.1) is 12.0 Å². The fourth-order valence-corrected chi connectivity index (χ4v) is 1.86. The van der Waals surface area contributed by atoms with Crippen molar-refractivity contribution in [1.29, 1.82) is 0 Å². The average Bonchev–Trinajstić information content (AvgIpc) is 2.33. The van der Waals surface area contributed by atoms with Gasteiger partial charge in [0.2, 0.25) is 0 Å². The fraction of sp³-hybridized carbons (Fsp3) is 0.625. The van der Waals surface area contributed by atoms with Crippen LogP contribution >= 0.6 is 11.8 Å². The van der Waals surface area contributed by atoms with E-state index in [2.05, 4.69) is 14.9 Å². The highest BCUT2D eigenvalue weighted by Gasteiger charge is 2.16. The maximum Gasteiger partial charge on any atom is 0.0945 e. The van der Waals surface area contributed by atoms with E-state index in [9.17, 15) is 0 Å². The van der Waals surface area contributed by atoms with Crippen molar-refractivity contribution in [1.82, 2.24) is 14.9 Å². The molecule has 4 heteroatoms. The summed E-state index contributed by atoms with van der Waals surface area (Å²) < 4.78 is 2.05. The Morgan fingerprint density at radius 2 is 2.58 bits per heavy atom. The molecule has 0 atom stereocenters. The molecule has 1 aromatic rings. The normalized spacial score (nSPS) is 17.8. The van der Waals surface area contributed by atoms with Crippen molar-refractivity contribution < 1.29 is 0 Å². The largest absolute Gasteiger partial charge is 0.337 e. The van der Waals surface area contributed by atoms with Crippen LogP contribution in [0.3, 0.4) is 0 Å². The topological polar surface area (TPSA) is 29.9 Å². The molecule has 66 valence electrons. The molecule has 0 amide bonds. The summed E-state index contributed by atoms with van der Waals surface area (Å²) in [6, 6.07) is 0.727. The number of aromatic nitrogens is 2. The highest BCUT2D eigenvalue weighted by atomic mass is 32.2. The van der Waals surface area contributed by atoms with E-state index in [4.69, 9.17) is 0 Å². The zero-order chi connectivity index (χ0) is 8.39. The number of hydrogen-bond donors (Lipinski definition) is 1. The predicted octanol–water partition coefficient (Wildman–Crippen LogP) is 0.625. The van der Waals surface area contributed by atoms with Gasteiger partial charge in [-0.3, -0.25) is 0 Å². The summed E-state index contributed by atoms with van der Waals surface area (Å²) in [5.74, 6) is 2.52. The highest BCUT2D eigenvalue weighted by Crippen LogP contribution is 2.17. The van der Waals surface area contributed by atoms with Crippen molar-refractivity contribution in [2.45, 2.75) is 12.6 Å². The molecule has 0 bridgehead atoms. The first-order valence-corrected chi connectivity index (χ1v) is 5.28. The van der Waals surface area contributed by atoms with Gasteiger partial charge in [0, 0.05) is 37.3 Å². The molecule has 0 aromatic carbocycles. The number of rotatable bonds is 3. The zero-order valence-electron chi connectivity index (χ0n) is 7.16. The fourth-order valence-electron chi connectivity index (χ4n) is 1.16. The summed E-state index contributed by atoms with van der Waals surface area (Å²) in [4.78, 5) is 4.06. The van der Waals surface area contributed by atoms with E-state index in [-0.39, 0.29) is 0 Å². The van der Waals surface area contributed by atoms with E-state index in [0.717, 1.165) is 12.6 Å². The molecule has 1 N–H and O–H groups in total. The quantitative estimate of drug-likeness (QED) is 0.745. The van der Waals surface area contributed by atoms with Crippen molar-refractivity contribution in [2.75, 3.05) is 11.5 Å². The van der Waals surface area contributed by atoms with Crippen LogP contribution in [-0.2, 0) is 13.6 Å². The summed E-state index contributed by atoms with van der Waals surface area (Å²) in [6.45, 7) is 0.946. The molecule has 2 rings (SSSR count). The van der Waals surface area contributed by atoms with E-state index in [1.165, 1.54) is 17.2 Å². The zero-order valence-corrected chi connectivity index (χ0v) is 7.97. The van der Waals surface area contributed by atoms with Gasteiger partial charge < -0.3 is 9.88 Å². The number of imidazole rings is 1. The third-order valence-corrected chi connectivity index (χ3v) is 3.40. The van der Waals surface area contributed by atoms with Gasteiger partial charge in [-0.2, -0.15) is 11.8 Å². The Balaban J connectivity index is 1.82. The van der Waals surface area contributed by atoms with Gasteiger partial charge in [0.25, 0.3) is 0 Å². The molecule has 0 saturated carbocycles. The Hall–Kier alpha value is -0.480. The van der Waals surface area contributed by atoms with Gasteiger partial charge >= 0.3 is 0 Å². The summed E-state index contributed by atoms with van der Waals surface area (Å²) in [6.07, 6.45) is 3.76. The number of nitrogens with zero attached hydrogens (tertiary/aromatic N) is 2. The molecule has 1 aliphatic heterocycles. The summed E-state index contributed by atoms with van der Waals surface area (Å²) in [5.41, 5.74) is 1.26. The number of nitrogens with one attached hydrogen (secondary N) is 1.